The first-order chi connectivity index (χ1) is 12.1. The molecule has 1 N–H and O–H groups in total. The molecule has 0 unspecified atom stereocenters. The first-order valence-electron chi connectivity index (χ1n) is 7.63. The highest BCUT2D eigenvalue weighted by Crippen LogP contribution is 2.36. The number of hydrogen-bond acceptors (Lipinski definition) is 3. The summed E-state index contributed by atoms with van der Waals surface area (Å²) in [6.45, 7) is 0. The molecule has 126 valence electrons. The summed E-state index contributed by atoms with van der Waals surface area (Å²) in [5, 5.41) is 8.15. The van der Waals surface area contributed by atoms with E-state index in [2.05, 4.69) is 10.4 Å². The van der Waals surface area contributed by atoms with Crippen LogP contribution in [-0.4, -0.2) is 15.7 Å². The van der Waals surface area contributed by atoms with Gasteiger partial charge in [0.15, 0.2) is 0 Å². The molecule has 1 aromatic heterocycles. The van der Waals surface area contributed by atoms with Gasteiger partial charge in [0.2, 0.25) is 0 Å². The lowest BCUT2D eigenvalue weighted by molar-refractivity contribution is 0.102. The molecule has 4 rings (SSSR count). The van der Waals surface area contributed by atoms with Crippen LogP contribution < -0.4 is 5.32 Å². The topological polar surface area (TPSA) is 46.9 Å². The van der Waals surface area contributed by atoms with Crippen molar-refractivity contribution in [3.8, 4) is 5.69 Å². The van der Waals surface area contributed by atoms with E-state index in [1.54, 1.807) is 28.6 Å². The fourth-order valence-electron chi connectivity index (χ4n) is 2.72. The summed E-state index contributed by atoms with van der Waals surface area (Å²) in [6.07, 6.45) is 0. The van der Waals surface area contributed by atoms with Gasteiger partial charge < -0.3 is 5.32 Å². The first-order valence-corrected chi connectivity index (χ1v) is 9.16. The van der Waals surface area contributed by atoms with Crippen molar-refractivity contribution in [1.29, 1.82) is 0 Å². The fraction of sp³-hybridized carbons (Fsp3) is 0.111. The summed E-state index contributed by atoms with van der Waals surface area (Å²) in [5.41, 5.74) is 3.14. The minimum Gasteiger partial charge on any atom is -0.306 e. The first kappa shape index (κ1) is 16.2. The van der Waals surface area contributed by atoms with Gasteiger partial charge in [-0.1, -0.05) is 17.7 Å². The standard InChI is InChI=1S/C18H13ClFN3OS/c19-12-2-1-3-14(8-12)23-17(15-9-25-10-16(15)22-23)21-18(24)11-4-6-13(20)7-5-11/h1-8H,9-10H2,(H,21,24). The highest BCUT2D eigenvalue weighted by atomic mass is 35.5. The highest BCUT2D eigenvalue weighted by molar-refractivity contribution is 7.98. The van der Waals surface area contributed by atoms with E-state index in [0.717, 1.165) is 28.5 Å². The minimum absolute atomic E-state index is 0.303. The molecular formula is C18H13ClFN3OS. The molecule has 0 saturated carbocycles. The molecule has 0 aliphatic carbocycles. The molecule has 7 heteroatoms. The highest BCUT2D eigenvalue weighted by Gasteiger charge is 2.25. The zero-order chi connectivity index (χ0) is 17.4. The SMILES string of the molecule is O=C(Nc1c2c(nn1-c1cccc(Cl)c1)CSC2)c1ccc(F)cc1. The van der Waals surface area contributed by atoms with Crippen molar-refractivity contribution in [2.24, 2.45) is 0 Å². The number of anilines is 1. The lowest BCUT2D eigenvalue weighted by atomic mass is 10.2. The van der Waals surface area contributed by atoms with Crippen LogP contribution >= 0.6 is 23.4 Å². The molecule has 0 saturated heterocycles. The number of aromatic nitrogens is 2. The number of rotatable bonds is 3. The molecule has 25 heavy (non-hydrogen) atoms. The van der Waals surface area contributed by atoms with Gasteiger partial charge in [-0.3, -0.25) is 4.79 Å². The molecule has 2 heterocycles. The summed E-state index contributed by atoms with van der Waals surface area (Å²) in [7, 11) is 0. The number of nitrogens with zero attached hydrogens (tertiary/aromatic N) is 2. The third-order valence-electron chi connectivity index (χ3n) is 3.94. The molecule has 0 radical (unpaired) electrons. The van der Waals surface area contributed by atoms with Crippen LogP contribution in [0.2, 0.25) is 5.02 Å². The van der Waals surface area contributed by atoms with Crippen molar-refractivity contribution >= 4 is 35.1 Å². The Bertz CT molecular complexity index is 955. The van der Waals surface area contributed by atoms with Gasteiger partial charge in [-0.15, -0.1) is 0 Å². The third kappa shape index (κ3) is 3.15. The van der Waals surface area contributed by atoms with Crippen LogP contribution in [0.1, 0.15) is 21.6 Å². The van der Waals surface area contributed by atoms with Crippen LogP contribution in [0.25, 0.3) is 5.69 Å². The maximum atomic E-state index is 13.1. The van der Waals surface area contributed by atoms with Crippen LogP contribution in [0.3, 0.4) is 0 Å². The van der Waals surface area contributed by atoms with Crippen LogP contribution in [0.15, 0.2) is 48.5 Å². The lowest BCUT2D eigenvalue weighted by Crippen LogP contribution is -2.16. The van der Waals surface area contributed by atoms with E-state index in [4.69, 9.17) is 11.6 Å². The molecular weight excluding hydrogens is 361 g/mol. The maximum Gasteiger partial charge on any atom is 0.256 e. The Morgan fingerprint density at radius 3 is 2.76 bits per heavy atom. The number of carbonyl (C=O) groups excluding carboxylic acids is 1. The van der Waals surface area contributed by atoms with Crippen molar-refractivity contribution in [1.82, 2.24) is 9.78 Å². The Morgan fingerprint density at radius 1 is 1.20 bits per heavy atom. The Hall–Kier alpha value is -2.31. The Balaban J connectivity index is 1.73. The van der Waals surface area contributed by atoms with Crippen molar-refractivity contribution in [2.75, 3.05) is 5.32 Å². The zero-order valence-corrected chi connectivity index (χ0v) is 14.6. The fourth-order valence-corrected chi connectivity index (χ4v) is 3.94. The second-order valence-corrected chi connectivity index (χ2v) is 7.04. The predicted molar refractivity (Wildman–Crippen MR) is 97.9 cm³/mol. The van der Waals surface area contributed by atoms with Crippen LogP contribution in [0, 0.1) is 5.82 Å². The number of thioether (sulfide) groups is 1. The average Bonchev–Trinajstić information content (AvgIpc) is 3.18. The van der Waals surface area contributed by atoms with Crippen molar-refractivity contribution < 1.29 is 9.18 Å². The van der Waals surface area contributed by atoms with Gasteiger partial charge in [-0.05, 0) is 42.5 Å². The molecule has 0 bridgehead atoms. The molecule has 2 aromatic carbocycles. The number of benzene rings is 2. The summed E-state index contributed by atoms with van der Waals surface area (Å²) in [4.78, 5) is 12.6. The number of nitrogens with one attached hydrogen (secondary N) is 1. The average molecular weight is 374 g/mol. The number of hydrogen-bond donors (Lipinski definition) is 1. The van der Waals surface area contributed by atoms with Gasteiger partial charge in [-0.2, -0.15) is 16.9 Å². The number of amides is 1. The second kappa shape index (κ2) is 6.54. The van der Waals surface area contributed by atoms with Crippen molar-refractivity contribution in [3.63, 3.8) is 0 Å². The van der Waals surface area contributed by atoms with Gasteiger partial charge in [-0.25, -0.2) is 9.07 Å². The third-order valence-corrected chi connectivity index (χ3v) is 5.15. The molecule has 1 aliphatic rings. The summed E-state index contributed by atoms with van der Waals surface area (Å²) in [5.74, 6) is 1.55. The van der Waals surface area contributed by atoms with Gasteiger partial charge in [0.05, 0.1) is 11.4 Å². The van der Waals surface area contributed by atoms with Crippen LogP contribution in [0.5, 0.6) is 0 Å². The molecule has 0 fully saturated rings. The number of halogens is 2. The van der Waals surface area contributed by atoms with Crippen molar-refractivity contribution in [3.05, 3.63) is 76.2 Å². The second-order valence-electron chi connectivity index (χ2n) is 5.62. The van der Waals surface area contributed by atoms with Gasteiger partial charge in [0, 0.05) is 27.7 Å². The number of fused-ring (bicyclic) bond motifs is 1. The Kier molecular flexibility index (Phi) is 4.23. The summed E-state index contributed by atoms with van der Waals surface area (Å²) < 4.78 is 14.8. The Labute approximate surface area is 153 Å². The quantitative estimate of drug-likeness (QED) is 0.726. The predicted octanol–water partition coefficient (Wildman–Crippen LogP) is 4.66. The van der Waals surface area contributed by atoms with E-state index >= 15 is 0 Å². The normalized spacial score (nSPS) is 12.9. The number of carbonyl (C=O) groups is 1. The monoisotopic (exact) mass is 373 g/mol. The zero-order valence-electron chi connectivity index (χ0n) is 13.0. The van der Waals surface area contributed by atoms with Gasteiger partial charge >= 0.3 is 0 Å². The largest absolute Gasteiger partial charge is 0.306 e. The molecule has 1 amide bonds. The van der Waals surface area contributed by atoms with E-state index in [0.29, 0.717) is 16.4 Å². The Morgan fingerprint density at radius 2 is 2.00 bits per heavy atom. The lowest BCUT2D eigenvalue weighted by Gasteiger charge is -2.11. The van der Waals surface area contributed by atoms with Crippen LogP contribution in [-0.2, 0) is 11.5 Å². The maximum absolute atomic E-state index is 13.1. The smallest absolute Gasteiger partial charge is 0.256 e. The van der Waals surface area contributed by atoms with Crippen LogP contribution in [0.4, 0.5) is 10.2 Å². The van der Waals surface area contributed by atoms with E-state index in [9.17, 15) is 9.18 Å². The van der Waals surface area contributed by atoms with Crippen molar-refractivity contribution in [2.45, 2.75) is 11.5 Å². The molecule has 1 aliphatic heterocycles. The van der Waals surface area contributed by atoms with E-state index in [1.807, 2.05) is 12.1 Å². The van der Waals surface area contributed by atoms with E-state index in [-0.39, 0.29) is 11.7 Å². The molecule has 4 nitrogen and oxygen atoms in total. The van der Waals surface area contributed by atoms with Gasteiger partial charge in [0.1, 0.15) is 11.6 Å². The summed E-state index contributed by atoms with van der Waals surface area (Å²) in [6, 6.07) is 12.8. The van der Waals surface area contributed by atoms with Gasteiger partial charge in [0.25, 0.3) is 5.91 Å². The molecule has 3 aromatic rings. The summed E-state index contributed by atoms with van der Waals surface area (Å²) >= 11 is 7.84. The molecule has 0 spiro atoms. The molecule has 0 atom stereocenters. The van der Waals surface area contributed by atoms with E-state index in [1.165, 1.54) is 24.3 Å². The van der Waals surface area contributed by atoms with E-state index < -0.39 is 0 Å². The minimum atomic E-state index is -0.377.